The lowest BCUT2D eigenvalue weighted by atomic mass is 9.94. The molecule has 2 aromatic rings. The Kier molecular flexibility index (Phi) is 3.90. The number of nitrogens with one attached hydrogen (secondary N) is 2. The third-order valence-corrected chi connectivity index (χ3v) is 3.64. The van der Waals surface area contributed by atoms with Gasteiger partial charge in [0.25, 0.3) is 0 Å². The summed E-state index contributed by atoms with van der Waals surface area (Å²) in [7, 11) is 3.41. The van der Waals surface area contributed by atoms with Crippen molar-refractivity contribution in [2.45, 2.75) is 24.9 Å². The Labute approximate surface area is 127 Å². The molecule has 1 aliphatic heterocycles. The maximum atomic E-state index is 11.7. The first-order valence-electron chi connectivity index (χ1n) is 7.07. The largest absolute Gasteiger partial charge is 0.481 e. The molecule has 3 rings (SSSR count). The number of carbonyl (C=O) groups is 1. The Balaban J connectivity index is 1.81. The number of carbonyl (C=O) groups excluding carboxylic acids is 1. The molecule has 8 heteroatoms. The van der Waals surface area contributed by atoms with Crippen molar-refractivity contribution in [1.29, 1.82) is 0 Å². The van der Waals surface area contributed by atoms with E-state index in [2.05, 4.69) is 25.7 Å². The second-order valence-corrected chi connectivity index (χ2v) is 5.20. The van der Waals surface area contributed by atoms with Gasteiger partial charge in [-0.05, 0) is 6.42 Å². The number of rotatable bonds is 4. The molecule has 0 spiro atoms. The number of ether oxygens (including phenoxy) is 1. The number of nitrogens with zero attached hydrogens (tertiary/aromatic N) is 4. The maximum absolute atomic E-state index is 11.7. The molecular weight excluding hydrogens is 284 g/mol. The third-order valence-electron chi connectivity index (χ3n) is 3.64. The predicted molar refractivity (Wildman–Crippen MR) is 79.3 cm³/mol. The van der Waals surface area contributed by atoms with Gasteiger partial charge in [-0.3, -0.25) is 9.48 Å². The highest BCUT2D eigenvalue weighted by molar-refractivity contribution is 5.77. The predicted octanol–water partition coefficient (Wildman–Crippen LogP) is 0.650. The van der Waals surface area contributed by atoms with Crippen LogP contribution in [0.2, 0.25) is 0 Å². The summed E-state index contributed by atoms with van der Waals surface area (Å²) < 4.78 is 6.82. The second kappa shape index (κ2) is 6.00. The van der Waals surface area contributed by atoms with Crippen LogP contribution < -0.4 is 15.4 Å². The average Bonchev–Trinajstić information content (AvgIpc) is 2.96. The van der Waals surface area contributed by atoms with Gasteiger partial charge in [0, 0.05) is 37.5 Å². The molecule has 0 bridgehead atoms. The number of piperidine rings is 1. The molecule has 1 amide bonds. The van der Waals surface area contributed by atoms with E-state index in [0.717, 1.165) is 5.56 Å². The van der Waals surface area contributed by atoms with E-state index < -0.39 is 0 Å². The number of amides is 1. The fourth-order valence-electron chi connectivity index (χ4n) is 2.56. The zero-order valence-electron chi connectivity index (χ0n) is 12.5. The fraction of sp³-hybridized carbons (Fsp3) is 0.429. The first kappa shape index (κ1) is 14.3. The van der Waals surface area contributed by atoms with Gasteiger partial charge in [-0.2, -0.15) is 10.1 Å². The van der Waals surface area contributed by atoms with Crippen LogP contribution in [0.1, 0.15) is 24.4 Å². The summed E-state index contributed by atoms with van der Waals surface area (Å²) in [6.45, 7) is 0. The molecule has 3 heterocycles. The molecule has 0 saturated carbocycles. The first-order valence-corrected chi connectivity index (χ1v) is 7.07. The molecule has 22 heavy (non-hydrogen) atoms. The molecular formula is C14H18N6O2. The molecule has 0 aromatic carbocycles. The number of methoxy groups -OCH3 is 1. The van der Waals surface area contributed by atoms with Crippen molar-refractivity contribution < 1.29 is 9.53 Å². The normalized spacial score (nSPS) is 21.3. The summed E-state index contributed by atoms with van der Waals surface area (Å²) in [5.74, 6) is 1.02. The van der Waals surface area contributed by atoms with Crippen LogP contribution in [0.4, 0.5) is 5.95 Å². The summed E-state index contributed by atoms with van der Waals surface area (Å²) >= 11 is 0. The number of aryl methyl sites for hydroxylation is 1. The van der Waals surface area contributed by atoms with E-state index in [4.69, 9.17) is 4.74 Å². The zero-order valence-corrected chi connectivity index (χ0v) is 12.5. The molecule has 8 nitrogen and oxygen atoms in total. The summed E-state index contributed by atoms with van der Waals surface area (Å²) in [6.07, 6.45) is 6.47. The quantitative estimate of drug-likeness (QED) is 0.861. The molecule has 2 atom stereocenters. The lowest BCUT2D eigenvalue weighted by Crippen LogP contribution is -2.45. The minimum absolute atomic E-state index is 0.00555. The minimum Gasteiger partial charge on any atom is -0.481 e. The van der Waals surface area contributed by atoms with Crippen LogP contribution >= 0.6 is 0 Å². The summed E-state index contributed by atoms with van der Waals surface area (Å²) in [6, 6.07) is 1.52. The van der Waals surface area contributed by atoms with Crippen molar-refractivity contribution in [2.75, 3.05) is 12.4 Å². The molecule has 116 valence electrons. The van der Waals surface area contributed by atoms with E-state index in [0.29, 0.717) is 24.7 Å². The van der Waals surface area contributed by atoms with E-state index in [9.17, 15) is 4.79 Å². The molecule has 1 saturated heterocycles. The summed E-state index contributed by atoms with van der Waals surface area (Å²) in [5.41, 5.74) is 0.955. The molecule has 2 aromatic heterocycles. The number of aromatic nitrogens is 4. The van der Waals surface area contributed by atoms with E-state index in [1.807, 2.05) is 13.2 Å². The smallest absolute Gasteiger partial charge is 0.226 e. The molecule has 1 aliphatic rings. The Morgan fingerprint density at radius 3 is 3.09 bits per heavy atom. The van der Waals surface area contributed by atoms with Crippen LogP contribution in [0.5, 0.6) is 5.88 Å². The monoisotopic (exact) mass is 302 g/mol. The summed E-state index contributed by atoms with van der Waals surface area (Å²) in [5, 5.41) is 10.5. The van der Waals surface area contributed by atoms with Gasteiger partial charge in [-0.1, -0.05) is 0 Å². The van der Waals surface area contributed by atoms with Crippen LogP contribution in [-0.4, -0.2) is 38.8 Å². The third kappa shape index (κ3) is 3.00. The van der Waals surface area contributed by atoms with Crippen LogP contribution in [-0.2, 0) is 11.8 Å². The Bertz CT molecular complexity index is 671. The molecule has 1 fully saturated rings. The van der Waals surface area contributed by atoms with E-state index in [1.165, 1.54) is 0 Å². The van der Waals surface area contributed by atoms with E-state index >= 15 is 0 Å². The number of hydrogen-bond donors (Lipinski definition) is 2. The van der Waals surface area contributed by atoms with Gasteiger partial charge in [0.15, 0.2) is 0 Å². The standard InChI is InChI=1S/C14H18N6O2/c1-20-8-9(7-16-20)13-10(3-4-11(21)18-13)17-14-15-6-5-12(19-14)22-2/h5-8,10,13H,3-4H2,1-2H3,(H,18,21)(H,15,17,19)/t10-,13+/m1/s1. The SMILES string of the molecule is COc1ccnc(N[C@@H]2CCC(=O)N[C@H]2c2cnn(C)c2)n1. The first-order chi connectivity index (χ1) is 10.7. The molecule has 0 radical (unpaired) electrons. The number of hydrogen-bond acceptors (Lipinski definition) is 6. The maximum Gasteiger partial charge on any atom is 0.226 e. The van der Waals surface area contributed by atoms with Crippen molar-refractivity contribution in [1.82, 2.24) is 25.1 Å². The Morgan fingerprint density at radius 1 is 1.50 bits per heavy atom. The van der Waals surface area contributed by atoms with Crippen molar-refractivity contribution in [2.24, 2.45) is 7.05 Å². The highest BCUT2D eigenvalue weighted by Crippen LogP contribution is 2.26. The topological polar surface area (TPSA) is 94.0 Å². The highest BCUT2D eigenvalue weighted by atomic mass is 16.5. The lowest BCUT2D eigenvalue weighted by Gasteiger charge is -2.32. The van der Waals surface area contributed by atoms with Crippen LogP contribution in [0.15, 0.2) is 24.7 Å². The Morgan fingerprint density at radius 2 is 2.36 bits per heavy atom. The van der Waals surface area contributed by atoms with Gasteiger partial charge in [0.1, 0.15) is 0 Å². The van der Waals surface area contributed by atoms with Gasteiger partial charge in [0.2, 0.25) is 17.7 Å². The minimum atomic E-state index is -0.162. The van der Waals surface area contributed by atoms with Crippen molar-refractivity contribution in [3.8, 4) is 5.88 Å². The van der Waals surface area contributed by atoms with Crippen molar-refractivity contribution in [3.63, 3.8) is 0 Å². The van der Waals surface area contributed by atoms with Crippen molar-refractivity contribution in [3.05, 3.63) is 30.2 Å². The Hall–Kier alpha value is -2.64. The second-order valence-electron chi connectivity index (χ2n) is 5.20. The average molecular weight is 302 g/mol. The van der Waals surface area contributed by atoms with E-state index in [-0.39, 0.29) is 18.0 Å². The van der Waals surface area contributed by atoms with Crippen LogP contribution in [0.25, 0.3) is 0 Å². The number of anilines is 1. The van der Waals surface area contributed by atoms with Gasteiger partial charge < -0.3 is 15.4 Å². The molecule has 2 N–H and O–H groups in total. The van der Waals surface area contributed by atoms with Gasteiger partial charge in [-0.25, -0.2) is 4.98 Å². The van der Waals surface area contributed by atoms with Gasteiger partial charge >= 0.3 is 0 Å². The van der Waals surface area contributed by atoms with Crippen LogP contribution in [0.3, 0.4) is 0 Å². The summed E-state index contributed by atoms with van der Waals surface area (Å²) in [4.78, 5) is 20.2. The van der Waals surface area contributed by atoms with Crippen LogP contribution in [0, 0.1) is 0 Å². The fourth-order valence-corrected chi connectivity index (χ4v) is 2.56. The molecule has 0 aliphatic carbocycles. The van der Waals surface area contributed by atoms with Crippen molar-refractivity contribution >= 4 is 11.9 Å². The zero-order chi connectivity index (χ0) is 15.5. The van der Waals surface area contributed by atoms with Gasteiger partial charge in [0.05, 0.1) is 25.4 Å². The van der Waals surface area contributed by atoms with Gasteiger partial charge in [-0.15, -0.1) is 0 Å². The highest BCUT2D eigenvalue weighted by Gasteiger charge is 2.31. The lowest BCUT2D eigenvalue weighted by molar-refractivity contribution is -0.123. The van der Waals surface area contributed by atoms with E-state index in [1.54, 1.807) is 30.3 Å². The molecule has 0 unspecified atom stereocenters.